The van der Waals surface area contributed by atoms with E-state index in [2.05, 4.69) is 31.3 Å². The standard InChI is InChI=1S/C17H14BrFN4O2/c18-12-1-6-16(23-11-20-10-21-23)15(9-12)22-17(24)7-8-25-14-4-2-13(19)3-5-14/h1-6,9-11H,7-8H2,(H,22,24). The van der Waals surface area contributed by atoms with Crippen molar-refractivity contribution in [3.05, 3.63) is 65.4 Å². The second-order valence-corrected chi connectivity index (χ2v) is 6.02. The summed E-state index contributed by atoms with van der Waals surface area (Å²) in [4.78, 5) is 16.1. The molecule has 0 bridgehead atoms. The fraction of sp³-hybridized carbons (Fsp3) is 0.118. The minimum atomic E-state index is -0.333. The van der Waals surface area contributed by atoms with Gasteiger partial charge in [-0.1, -0.05) is 15.9 Å². The average Bonchev–Trinajstić information content (AvgIpc) is 3.11. The molecule has 2 aromatic carbocycles. The lowest BCUT2D eigenvalue weighted by molar-refractivity contribution is -0.116. The Balaban J connectivity index is 1.61. The van der Waals surface area contributed by atoms with Crippen molar-refractivity contribution in [1.82, 2.24) is 14.8 Å². The monoisotopic (exact) mass is 404 g/mol. The van der Waals surface area contributed by atoms with Crippen molar-refractivity contribution in [1.29, 1.82) is 0 Å². The van der Waals surface area contributed by atoms with Gasteiger partial charge in [0.15, 0.2) is 0 Å². The van der Waals surface area contributed by atoms with Crippen LogP contribution in [0.2, 0.25) is 0 Å². The number of carbonyl (C=O) groups is 1. The van der Waals surface area contributed by atoms with E-state index >= 15 is 0 Å². The summed E-state index contributed by atoms with van der Waals surface area (Å²) in [5, 5.41) is 6.91. The van der Waals surface area contributed by atoms with Gasteiger partial charge in [0.05, 0.1) is 24.4 Å². The number of nitrogens with zero attached hydrogens (tertiary/aromatic N) is 3. The van der Waals surface area contributed by atoms with Gasteiger partial charge in [0.1, 0.15) is 24.2 Å². The van der Waals surface area contributed by atoms with Crippen LogP contribution in [0.4, 0.5) is 10.1 Å². The molecule has 0 saturated heterocycles. The van der Waals surface area contributed by atoms with Crippen LogP contribution in [0, 0.1) is 5.82 Å². The second kappa shape index (κ2) is 7.89. The Kier molecular flexibility index (Phi) is 5.39. The molecule has 0 aliphatic rings. The van der Waals surface area contributed by atoms with Crippen molar-refractivity contribution in [2.45, 2.75) is 6.42 Å². The number of benzene rings is 2. The molecular weight excluding hydrogens is 391 g/mol. The van der Waals surface area contributed by atoms with Gasteiger partial charge < -0.3 is 10.1 Å². The summed E-state index contributed by atoms with van der Waals surface area (Å²) < 4.78 is 20.7. The van der Waals surface area contributed by atoms with Gasteiger partial charge in [-0.3, -0.25) is 4.79 Å². The molecule has 0 fully saturated rings. The van der Waals surface area contributed by atoms with Gasteiger partial charge in [-0.2, -0.15) is 5.10 Å². The molecule has 128 valence electrons. The van der Waals surface area contributed by atoms with Crippen LogP contribution in [0.1, 0.15) is 6.42 Å². The fourth-order valence-corrected chi connectivity index (χ4v) is 2.51. The highest BCUT2D eigenvalue weighted by molar-refractivity contribution is 9.10. The lowest BCUT2D eigenvalue weighted by atomic mass is 10.2. The van der Waals surface area contributed by atoms with Crippen LogP contribution in [0.15, 0.2) is 59.6 Å². The predicted octanol–water partition coefficient (Wildman–Crippen LogP) is 3.58. The first-order valence-corrected chi connectivity index (χ1v) is 8.24. The molecule has 0 unspecified atom stereocenters. The first-order chi connectivity index (χ1) is 12.1. The molecule has 3 aromatic rings. The summed E-state index contributed by atoms with van der Waals surface area (Å²) in [6, 6.07) is 11.1. The number of ether oxygens (including phenoxy) is 1. The number of carbonyl (C=O) groups excluding carboxylic acids is 1. The number of amides is 1. The highest BCUT2D eigenvalue weighted by Crippen LogP contribution is 2.24. The van der Waals surface area contributed by atoms with E-state index < -0.39 is 0 Å². The van der Waals surface area contributed by atoms with Gasteiger partial charge in [-0.15, -0.1) is 0 Å². The maximum atomic E-state index is 12.8. The van der Waals surface area contributed by atoms with E-state index in [1.807, 2.05) is 12.1 Å². The topological polar surface area (TPSA) is 69.0 Å². The number of hydrogen-bond donors (Lipinski definition) is 1. The van der Waals surface area contributed by atoms with Crippen LogP contribution in [0.25, 0.3) is 5.69 Å². The molecular formula is C17H14BrFN4O2. The molecule has 0 saturated carbocycles. The summed E-state index contributed by atoms with van der Waals surface area (Å²) in [6.45, 7) is 0.185. The van der Waals surface area contributed by atoms with Gasteiger partial charge in [-0.05, 0) is 42.5 Å². The molecule has 8 heteroatoms. The third-order valence-corrected chi connectivity index (χ3v) is 3.80. The zero-order valence-electron chi connectivity index (χ0n) is 13.0. The molecule has 0 aliphatic carbocycles. The van der Waals surface area contributed by atoms with Crippen molar-refractivity contribution in [2.24, 2.45) is 0 Å². The van der Waals surface area contributed by atoms with Gasteiger partial charge >= 0.3 is 0 Å². The molecule has 1 N–H and O–H groups in total. The minimum Gasteiger partial charge on any atom is -0.493 e. The molecule has 1 heterocycles. The predicted molar refractivity (Wildman–Crippen MR) is 94.2 cm³/mol. The van der Waals surface area contributed by atoms with E-state index in [4.69, 9.17) is 4.74 Å². The Bertz CT molecular complexity index is 854. The van der Waals surface area contributed by atoms with Crippen LogP contribution in [0.3, 0.4) is 0 Å². The summed E-state index contributed by atoms with van der Waals surface area (Å²) in [5.74, 6) is -0.0260. The maximum Gasteiger partial charge on any atom is 0.227 e. The largest absolute Gasteiger partial charge is 0.493 e. The molecule has 1 amide bonds. The summed E-state index contributed by atoms with van der Waals surface area (Å²) in [7, 11) is 0. The van der Waals surface area contributed by atoms with E-state index in [0.29, 0.717) is 17.1 Å². The van der Waals surface area contributed by atoms with Crippen LogP contribution in [-0.2, 0) is 4.79 Å². The summed E-state index contributed by atoms with van der Waals surface area (Å²) in [5.41, 5.74) is 1.31. The van der Waals surface area contributed by atoms with Crippen LogP contribution in [0.5, 0.6) is 5.75 Å². The smallest absolute Gasteiger partial charge is 0.227 e. The number of nitrogens with one attached hydrogen (secondary N) is 1. The lowest BCUT2D eigenvalue weighted by Gasteiger charge is -2.12. The van der Waals surface area contributed by atoms with E-state index in [1.54, 1.807) is 17.1 Å². The summed E-state index contributed by atoms with van der Waals surface area (Å²) >= 11 is 3.39. The van der Waals surface area contributed by atoms with Crippen LogP contribution in [-0.4, -0.2) is 27.3 Å². The van der Waals surface area contributed by atoms with Crippen molar-refractivity contribution in [3.63, 3.8) is 0 Å². The van der Waals surface area contributed by atoms with Gasteiger partial charge in [0, 0.05) is 4.47 Å². The van der Waals surface area contributed by atoms with E-state index in [9.17, 15) is 9.18 Å². The molecule has 0 radical (unpaired) electrons. The van der Waals surface area contributed by atoms with Crippen molar-refractivity contribution in [2.75, 3.05) is 11.9 Å². The first kappa shape index (κ1) is 17.1. The zero-order chi connectivity index (χ0) is 17.6. The average molecular weight is 405 g/mol. The molecule has 0 atom stereocenters. The Morgan fingerprint density at radius 1 is 1.24 bits per heavy atom. The highest BCUT2D eigenvalue weighted by atomic mass is 79.9. The van der Waals surface area contributed by atoms with Gasteiger partial charge in [0.2, 0.25) is 5.91 Å². The second-order valence-electron chi connectivity index (χ2n) is 5.10. The first-order valence-electron chi connectivity index (χ1n) is 7.44. The summed E-state index contributed by atoms with van der Waals surface area (Å²) in [6.07, 6.45) is 3.13. The Hall–Kier alpha value is -2.74. The lowest BCUT2D eigenvalue weighted by Crippen LogP contribution is -2.16. The normalized spacial score (nSPS) is 10.5. The number of anilines is 1. The quantitative estimate of drug-likeness (QED) is 0.681. The van der Waals surface area contributed by atoms with Crippen LogP contribution < -0.4 is 10.1 Å². The number of rotatable bonds is 6. The fourth-order valence-electron chi connectivity index (χ4n) is 2.15. The van der Waals surface area contributed by atoms with Crippen molar-refractivity contribution >= 4 is 27.5 Å². The van der Waals surface area contributed by atoms with E-state index in [-0.39, 0.29) is 24.8 Å². The number of hydrogen-bond acceptors (Lipinski definition) is 4. The molecule has 1 aromatic heterocycles. The zero-order valence-corrected chi connectivity index (χ0v) is 14.6. The molecule has 0 aliphatic heterocycles. The highest BCUT2D eigenvalue weighted by Gasteiger charge is 2.10. The third kappa shape index (κ3) is 4.63. The third-order valence-electron chi connectivity index (χ3n) is 3.31. The van der Waals surface area contributed by atoms with Crippen LogP contribution >= 0.6 is 15.9 Å². The van der Waals surface area contributed by atoms with E-state index in [0.717, 1.165) is 4.47 Å². The van der Waals surface area contributed by atoms with Crippen molar-refractivity contribution in [3.8, 4) is 11.4 Å². The Labute approximate surface area is 151 Å². The molecule has 6 nitrogen and oxygen atoms in total. The number of aromatic nitrogens is 3. The molecule has 25 heavy (non-hydrogen) atoms. The Morgan fingerprint density at radius 2 is 2.04 bits per heavy atom. The minimum absolute atomic E-state index is 0.153. The van der Waals surface area contributed by atoms with E-state index in [1.165, 1.54) is 30.6 Å². The van der Waals surface area contributed by atoms with Gasteiger partial charge in [-0.25, -0.2) is 14.1 Å². The Morgan fingerprint density at radius 3 is 2.76 bits per heavy atom. The van der Waals surface area contributed by atoms with Gasteiger partial charge in [0.25, 0.3) is 0 Å². The molecule has 0 spiro atoms. The maximum absolute atomic E-state index is 12.8. The number of halogens is 2. The molecule has 3 rings (SSSR count). The SMILES string of the molecule is O=C(CCOc1ccc(F)cc1)Nc1cc(Br)ccc1-n1cncn1. The van der Waals surface area contributed by atoms with Crippen molar-refractivity contribution < 1.29 is 13.9 Å².